The maximum absolute atomic E-state index is 11.1. The molecule has 1 aromatic carbocycles. The van der Waals surface area contributed by atoms with Gasteiger partial charge in [0.2, 0.25) is 0 Å². The van der Waals surface area contributed by atoms with Crippen LogP contribution in [-0.2, 0) is 4.79 Å². The molecule has 4 nitrogen and oxygen atoms in total. The number of rotatable bonds is 3. The molecule has 4 heteroatoms. The Bertz CT molecular complexity index is 408. The smallest absolute Gasteiger partial charge is 0.305 e. The van der Waals surface area contributed by atoms with Gasteiger partial charge < -0.3 is 10.0 Å². The molecule has 0 aromatic heterocycles. The Morgan fingerprint density at radius 3 is 2.61 bits per heavy atom. The number of likely N-dealkylation sites (N-methyl/N-ethyl adjacent to an activating group) is 1. The van der Waals surface area contributed by atoms with E-state index in [4.69, 9.17) is 5.11 Å². The average Bonchev–Trinajstić information content (AvgIpc) is 2.36. The lowest BCUT2D eigenvalue weighted by molar-refractivity contribution is -0.137. The number of hydrogen-bond donors (Lipinski definition) is 1. The molecule has 2 atom stereocenters. The van der Waals surface area contributed by atoms with Gasteiger partial charge in [0.05, 0.1) is 12.5 Å². The number of carboxylic acid groups (broad SMARTS) is 1. The standard InChI is InChI=1S/C14H20N2O2/c1-11-13(10-14(17)18)16(9-8-15(11)2)12-6-4-3-5-7-12/h3-7,11,13H,8-10H2,1-2H3,(H,17,18)/t11-,13-/m0/s1. The summed E-state index contributed by atoms with van der Waals surface area (Å²) in [5, 5.41) is 9.09. The van der Waals surface area contributed by atoms with Crippen molar-refractivity contribution in [3.8, 4) is 0 Å². The van der Waals surface area contributed by atoms with Crippen LogP contribution < -0.4 is 4.90 Å². The Morgan fingerprint density at radius 1 is 1.33 bits per heavy atom. The highest BCUT2D eigenvalue weighted by atomic mass is 16.4. The lowest BCUT2D eigenvalue weighted by Crippen LogP contribution is -2.58. The Hall–Kier alpha value is -1.55. The van der Waals surface area contributed by atoms with E-state index in [1.54, 1.807) is 0 Å². The fourth-order valence-corrected chi connectivity index (χ4v) is 2.59. The number of aliphatic carboxylic acids is 1. The van der Waals surface area contributed by atoms with Crippen LogP contribution in [0.1, 0.15) is 13.3 Å². The van der Waals surface area contributed by atoms with E-state index in [1.807, 2.05) is 30.3 Å². The third kappa shape index (κ3) is 2.64. The Balaban J connectivity index is 2.24. The van der Waals surface area contributed by atoms with Crippen LogP contribution in [0.15, 0.2) is 30.3 Å². The van der Waals surface area contributed by atoms with Crippen LogP contribution in [0.3, 0.4) is 0 Å². The van der Waals surface area contributed by atoms with Gasteiger partial charge in [0, 0.05) is 24.8 Å². The van der Waals surface area contributed by atoms with Crippen molar-refractivity contribution in [3.05, 3.63) is 30.3 Å². The highest BCUT2D eigenvalue weighted by Crippen LogP contribution is 2.25. The molecule has 1 heterocycles. The number of piperazine rings is 1. The predicted molar refractivity (Wildman–Crippen MR) is 71.9 cm³/mol. The molecule has 18 heavy (non-hydrogen) atoms. The summed E-state index contributed by atoms with van der Waals surface area (Å²) in [6.07, 6.45) is 0.181. The van der Waals surface area contributed by atoms with Gasteiger partial charge in [0.25, 0.3) is 0 Å². The second-order valence-electron chi connectivity index (χ2n) is 4.92. The summed E-state index contributed by atoms with van der Waals surface area (Å²) in [7, 11) is 2.06. The normalized spacial score (nSPS) is 25.1. The van der Waals surface area contributed by atoms with Crippen LogP contribution in [0.25, 0.3) is 0 Å². The van der Waals surface area contributed by atoms with Crippen molar-refractivity contribution in [2.75, 3.05) is 25.0 Å². The molecule has 0 spiro atoms. The molecule has 1 aromatic rings. The monoisotopic (exact) mass is 248 g/mol. The zero-order chi connectivity index (χ0) is 13.1. The van der Waals surface area contributed by atoms with Crippen LogP contribution in [0.2, 0.25) is 0 Å². The van der Waals surface area contributed by atoms with Crippen LogP contribution in [0.4, 0.5) is 5.69 Å². The van der Waals surface area contributed by atoms with Gasteiger partial charge in [-0.2, -0.15) is 0 Å². The van der Waals surface area contributed by atoms with Crippen molar-refractivity contribution in [1.82, 2.24) is 4.90 Å². The van der Waals surface area contributed by atoms with E-state index in [0.29, 0.717) is 0 Å². The Labute approximate surface area is 108 Å². The van der Waals surface area contributed by atoms with Crippen molar-refractivity contribution < 1.29 is 9.90 Å². The molecule has 0 radical (unpaired) electrons. The predicted octanol–water partition coefficient (Wildman–Crippen LogP) is 1.67. The van der Waals surface area contributed by atoms with E-state index in [9.17, 15) is 4.79 Å². The lowest BCUT2D eigenvalue weighted by atomic mass is 9.99. The maximum atomic E-state index is 11.1. The minimum absolute atomic E-state index is 0.0312. The molecule has 2 rings (SSSR count). The summed E-state index contributed by atoms with van der Waals surface area (Å²) >= 11 is 0. The highest BCUT2D eigenvalue weighted by molar-refractivity contribution is 5.69. The van der Waals surface area contributed by atoms with Crippen molar-refractivity contribution in [2.24, 2.45) is 0 Å². The van der Waals surface area contributed by atoms with Crippen LogP contribution in [0, 0.1) is 0 Å². The first-order valence-corrected chi connectivity index (χ1v) is 6.33. The van der Waals surface area contributed by atoms with Crippen molar-refractivity contribution >= 4 is 11.7 Å². The minimum atomic E-state index is -0.733. The molecule has 1 aliphatic rings. The zero-order valence-electron chi connectivity index (χ0n) is 10.9. The average molecular weight is 248 g/mol. The number of carboxylic acids is 1. The number of para-hydroxylation sites is 1. The Kier molecular flexibility index (Phi) is 3.87. The molecule has 0 amide bonds. The lowest BCUT2D eigenvalue weighted by Gasteiger charge is -2.45. The number of benzene rings is 1. The minimum Gasteiger partial charge on any atom is -0.481 e. The molecule has 0 unspecified atom stereocenters. The molecule has 0 aliphatic carbocycles. The first-order chi connectivity index (χ1) is 8.59. The number of nitrogens with zero attached hydrogens (tertiary/aromatic N) is 2. The summed E-state index contributed by atoms with van der Waals surface area (Å²) in [6, 6.07) is 10.3. The first kappa shape index (κ1) is 12.9. The number of anilines is 1. The van der Waals surface area contributed by atoms with Gasteiger partial charge in [0.15, 0.2) is 0 Å². The molecule has 1 fully saturated rings. The molecular formula is C14H20N2O2. The van der Waals surface area contributed by atoms with Gasteiger partial charge in [-0.05, 0) is 26.1 Å². The highest BCUT2D eigenvalue weighted by Gasteiger charge is 2.33. The van der Waals surface area contributed by atoms with Gasteiger partial charge in [-0.3, -0.25) is 9.69 Å². The largest absolute Gasteiger partial charge is 0.481 e. The van der Waals surface area contributed by atoms with E-state index in [0.717, 1.165) is 18.8 Å². The molecule has 1 saturated heterocycles. The van der Waals surface area contributed by atoms with Crippen LogP contribution in [-0.4, -0.2) is 48.2 Å². The summed E-state index contributed by atoms with van der Waals surface area (Å²) in [6.45, 7) is 3.94. The fraction of sp³-hybridized carbons (Fsp3) is 0.500. The summed E-state index contributed by atoms with van der Waals surface area (Å²) in [4.78, 5) is 15.5. The van der Waals surface area contributed by atoms with Crippen molar-refractivity contribution in [1.29, 1.82) is 0 Å². The van der Waals surface area contributed by atoms with Crippen molar-refractivity contribution in [3.63, 3.8) is 0 Å². The van der Waals surface area contributed by atoms with Gasteiger partial charge in [-0.1, -0.05) is 18.2 Å². The third-order valence-corrected chi connectivity index (χ3v) is 3.82. The molecule has 0 bridgehead atoms. The summed E-state index contributed by atoms with van der Waals surface area (Å²) in [5.41, 5.74) is 1.11. The fourth-order valence-electron chi connectivity index (χ4n) is 2.59. The number of hydrogen-bond acceptors (Lipinski definition) is 3. The van der Waals surface area contributed by atoms with E-state index in [2.05, 4.69) is 23.8 Å². The summed E-state index contributed by atoms with van der Waals surface area (Å²) in [5.74, 6) is -0.733. The second kappa shape index (κ2) is 5.40. The first-order valence-electron chi connectivity index (χ1n) is 6.33. The molecule has 1 N–H and O–H groups in total. The number of carbonyl (C=O) groups is 1. The molecule has 98 valence electrons. The molecule has 1 aliphatic heterocycles. The molecular weight excluding hydrogens is 228 g/mol. The quantitative estimate of drug-likeness (QED) is 0.883. The van der Waals surface area contributed by atoms with Crippen LogP contribution in [0.5, 0.6) is 0 Å². The Morgan fingerprint density at radius 2 is 2.00 bits per heavy atom. The van der Waals surface area contributed by atoms with E-state index in [1.165, 1.54) is 0 Å². The van der Waals surface area contributed by atoms with E-state index >= 15 is 0 Å². The maximum Gasteiger partial charge on any atom is 0.305 e. The van der Waals surface area contributed by atoms with E-state index < -0.39 is 5.97 Å². The van der Waals surface area contributed by atoms with E-state index in [-0.39, 0.29) is 18.5 Å². The van der Waals surface area contributed by atoms with Gasteiger partial charge in [-0.25, -0.2) is 0 Å². The zero-order valence-corrected chi connectivity index (χ0v) is 10.9. The second-order valence-corrected chi connectivity index (χ2v) is 4.92. The van der Waals surface area contributed by atoms with Crippen LogP contribution >= 0.6 is 0 Å². The SMILES string of the molecule is C[C@H]1[C@H](CC(=O)O)N(c2ccccc2)CCN1C. The summed E-state index contributed by atoms with van der Waals surface area (Å²) < 4.78 is 0. The van der Waals surface area contributed by atoms with Gasteiger partial charge >= 0.3 is 5.97 Å². The molecule has 0 saturated carbocycles. The topological polar surface area (TPSA) is 43.8 Å². The third-order valence-electron chi connectivity index (χ3n) is 3.82. The van der Waals surface area contributed by atoms with Gasteiger partial charge in [-0.15, -0.1) is 0 Å². The van der Waals surface area contributed by atoms with Gasteiger partial charge in [0.1, 0.15) is 0 Å². The van der Waals surface area contributed by atoms with Crippen molar-refractivity contribution in [2.45, 2.75) is 25.4 Å².